The Hall–Kier alpha value is -1.81. The Morgan fingerprint density at radius 3 is 2.89 bits per heavy atom. The summed E-state index contributed by atoms with van der Waals surface area (Å²) in [5.74, 6) is 0.949. The van der Waals surface area contributed by atoms with Crippen molar-refractivity contribution in [3.63, 3.8) is 0 Å². The minimum atomic E-state index is 0.319. The fraction of sp³-hybridized carbons (Fsp3) is 0.400. The average Bonchev–Trinajstić information content (AvgIpc) is 2.97. The second kappa shape index (κ2) is 6.95. The molecule has 0 bridgehead atoms. The molecule has 1 heterocycles. The molecule has 102 valence electrons. The normalized spacial score (nSPS) is 12.3. The molecule has 4 nitrogen and oxygen atoms in total. The zero-order valence-corrected chi connectivity index (χ0v) is 11.5. The third-order valence-electron chi connectivity index (χ3n) is 3.24. The zero-order valence-electron chi connectivity index (χ0n) is 11.5. The van der Waals surface area contributed by atoms with Crippen LogP contribution >= 0.6 is 0 Å². The van der Waals surface area contributed by atoms with E-state index >= 15 is 0 Å². The van der Waals surface area contributed by atoms with Gasteiger partial charge in [-0.1, -0.05) is 25.1 Å². The smallest absolute Gasteiger partial charge is 0.123 e. The van der Waals surface area contributed by atoms with Crippen molar-refractivity contribution in [2.45, 2.75) is 25.9 Å². The zero-order chi connectivity index (χ0) is 13.5. The first-order chi connectivity index (χ1) is 9.35. The van der Waals surface area contributed by atoms with Crippen LogP contribution in [0.2, 0.25) is 0 Å². The van der Waals surface area contributed by atoms with Gasteiger partial charge in [0.15, 0.2) is 0 Å². The van der Waals surface area contributed by atoms with Crippen LogP contribution in [-0.4, -0.2) is 23.2 Å². The van der Waals surface area contributed by atoms with Gasteiger partial charge < -0.3 is 14.6 Å². The van der Waals surface area contributed by atoms with Gasteiger partial charge in [-0.3, -0.25) is 0 Å². The standard InChI is InChI=1S/C15H21N3O/c1-3-14(13-6-4-5-7-15(13)19-2)17-9-11-18-10-8-16-12-18/h4-8,10,12,14,17H,3,9,11H2,1-2H3. The number of nitrogens with one attached hydrogen (secondary N) is 1. The van der Waals surface area contributed by atoms with E-state index in [1.807, 2.05) is 24.7 Å². The highest BCUT2D eigenvalue weighted by Crippen LogP contribution is 2.26. The van der Waals surface area contributed by atoms with Gasteiger partial charge in [-0.25, -0.2) is 4.98 Å². The van der Waals surface area contributed by atoms with Crippen LogP contribution in [0.15, 0.2) is 43.0 Å². The van der Waals surface area contributed by atoms with Crippen LogP contribution in [0, 0.1) is 0 Å². The van der Waals surface area contributed by atoms with Gasteiger partial charge in [0.25, 0.3) is 0 Å². The minimum Gasteiger partial charge on any atom is -0.496 e. The first-order valence-corrected chi connectivity index (χ1v) is 6.67. The van der Waals surface area contributed by atoms with E-state index in [-0.39, 0.29) is 0 Å². The van der Waals surface area contributed by atoms with Crippen molar-refractivity contribution < 1.29 is 4.74 Å². The summed E-state index contributed by atoms with van der Waals surface area (Å²) >= 11 is 0. The van der Waals surface area contributed by atoms with E-state index in [0.717, 1.165) is 25.3 Å². The summed E-state index contributed by atoms with van der Waals surface area (Å²) in [4.78, 5) is 4.04. The molecule has 0 aliphatic heterocycles. The van der Waals surface area contributed by atoms with E-state index in [1.165, 1.54) is 5.56 Å². The number of methoxy groups -OCH3 is 1. The number of benzene rings is 1. The lowest BCUT2D eigenvalue weighted by Gasteiger charge is -2.20. The number of hydrogen-bond acceptors (Lipinski definition) is 3. The lowest BCUT2D eigenvalue weighted by atomic mass is 10.0. The van der Waals surface area contributed by atoms with Gasteiger partial charge in [0.1, 0.15) is 5.75 Å². The molecule has 1 aromatic carbocycles. The highest BCUT2D eigenvalue weighted by atomic mass is 16.5. The third kappa shape index (κ3) is 3.58. The highest BCUT2D eigenvalue weighted by molar-refractivity contribution is 5.35. The van der Waals surface area contributed by atoms with E-state index in [4.69, 9.17) is 4.74 Å². The van der Waals surface area contributed by atoms with Crippen LogP contribution in [0.5, 0.6) is 5.75 Å². The van der Waals surface area contributed by atoms with E-state index in [1.54, 1.807) is 13.3 Å². The monoisotopic (exact) mass is 259 g/mol. The topological polar surface area (TPSA) is 39.1 Å². The van der Waals surface area contributed by atoms with Crippen molar-refractivity contribution in [3.05, 3.63) is 48.5 Å². The number of aromatic nitrogens is 2. The minimum absolute atomic E-state index is 0.319. The molecular formula is C15H21N3O. The number of imidazole rings is 1. The number of nitrogens with zero attached hydrogens (tertiary/aromatic N) is 2. The second-order valence-corrected chi connectivity index (χ2v) is 4.46. The maximum absolute atomic E-state index is 5.43. The molecule has 0 aliphatic rings. The molecule has 0 amide bonds. The molecule has 1 N–H and O–H groups in total. The highest BCUT2D eigenvalue weighted by Gasteiger charge is 2.12. The Morgan fingerprint density at radius 1 is 1.37 bits per heavy atom. The Morgan fingerprint density at radius 2 is 2.21 bits per heavy atom. The van der Waals surface area contributed by atoms with Crippen molar-refractivity contribution in [1.82, 2.24) is 14.9 Å². The van der Waals surface area contributed by atoms with Crippen LogP contribution in [0.1, 0.15) is 24.9 Å². The van der Waals surface area contributed by atoms with Gasteiger partial charge in [0.2, 0.25) is 0 Å². The van der Waals surface area contributed by atoms with Crippen LogP contribution in [0.3, 0.4) is 0 Å². The number of hydrogen-bond donors (Lipinski definition) is 1. The molecule has 1 aromatic heterocycles. The van der Waals surface area contributed by atoms with Crippen molar-refractivity contribution in [1.29, 1.82) is 0 Å². The molecule has 0 saturated carbocycles. The molecule has 0 aliphatic carbocycles. The van der Waals surface area contributed by atoms with Gasteiger partial charge in [0.05, 0.1) is 13.4 Å². The number of ether oxygens (including phenoxy) is 1. The maximum Gasteiger partial charge on any atom is 0.123 e. The molecule has 0 fully saturated rings. The van der Waals surface area contributed by atoms with Crippen LogP contribution in [0.4, 0.5) is 0 Å². The van der Waals surface area contributed by atoms with Crippen molar-refractivity contribution in [3.8, 4) is 5.75 Å². The predicted octanol–water partition coefficient (Wildman–Crippen LogP) is 2.63. The van der Waals surface area contributed by atoms with Crippen molar-refractivity contribution >= 4 is 0 Å². The van der Waals surface area contributed by atoms with Crippen molar-refractivity contribution in [2.75, 3.05) is 13.7 Å². The molecule has 4 heteroatoms. The van der Waals surface area contributed by atoms with Crippen molar-refractivity contribution in [2.24, 2.45) is 0 Å². The molecule has 19 heavy (non-hydrogen) atoms. The van der Waals surface area contributed by atoms with Gasteiger partial charge in [-0.15, -0.1) is 0 Å². The van der Waals surface area contributed by atoms with E-state index < -0.39 is 0 Å². The van der Waals surface area contributed by atoms with Gasteiger partial charge >= 0.3 is 0 Å². The van der Waals surface area contributed by atoms with Gasteiger partial charge in [-0.05, 0) is 12.5 Å². The summed E-state index contributed by atoms with van der Waals surface area (Å²) in [5.41, 5.74) is 1.22. The molecule has 2 rings (SSSR count). The summed E-state index contributed by atoms with van der Waals surface area (Å²) in [6.45, 7) is 4.01. The SMILES string of the molecule is CCC(NCCn1ccnc1)c1ccccc1OC. The first kappa shape index (κ1) is 13.6. The first-order valence-electron chi connectivity index (χ1n) is 6.67. The van der Waals surface area contributed by atoms with E-state index in [9.17, 15) is 0 Å². The quantitative estimate of drug-likeness (QED) is 0.831. The molecule has 1 atom stereocenters. The fourth-order valence-corrected chi connectivity index (χ4v) is 2.22. The largest absolute Gasteiger partial charge is 0.496 e. The van der Waals surface area contributed by atoms with E-state index in [0.29, 0.717) is 6.04 Å². The summed E-state index contributed by atoms with van der Waals surface area (Å²) in [5, 5.41) is 3.57. The Labute approximate surface area is 114 Å². The Kier molecular flexibility index (Phi) is 4.98. The lowest BCUT2D eigenvalue weighted by Crippen LogP contribution is -2.25. The third-order valence-corrected chi connectivity index (χ3v) is 3.24. The summed E-state index contributed by atoms with van der Waals surface area (Å²) in [6.07, 6.45) is 6.65. The summed E-state index contributed by atoms with van der Waals surface area (Å²) < 4.78 is 7.50. The number of rotatable bonds is 7. The second-order valence-electron chi connectivity index (χ2n) is 4.46. The lowest BCUT2D eigenvalue weighted by molar-refractivity contribution is 0.395. The maximum atomic E-state index is 5.43. The fourth-order valence-electron chi connectivity index (χ4n) is 2.22. The molecule has 0 saturated heterocycles. The average molecular weight is 259 g/mol. The van der Waals surface area contributed by atoms with E-state index in [2.05, 4.69) is 33.9 Å². The molecule has 1 unspecified atom stereocenters. The molecule has 2 aromatic rings. The molecule has 0 spiro atoms. The molecule has 0 radical (unpaired) electrons. The van der Waals surface area contributed by atoms with Crippen LogP contribution in [0.25, 0.3) is 0 Å². The Balaban J connectivity index is 1.95. The molecular weight excluding hydrogens is 238 g/mol. The Bertz CT molecular complexity index is 482. The summed E-state index contributed by atoms with van der Waals surface area (Å²) in [7, 11) is 1.72. The summed E-state index contributed by atoms with van der Waals surface area (Å²) in [6, 6.07) is 8.51. The van der Waals surface area contributed by atoms with Gasteiger partial charge in [-0.2, -0.15) is 0 Å². The number of para-hydroxylation sites is 1. The van der Waals surface area contributed by atoms with Crippen LogP contribution < -0.4 is 10.1 Å². The predicted molar refractivity (Wildman–Crippen MR) is 76.3 cm³/mol. The van der Waals surface area contributed by atoms with Gasteiger partial charge in [0, 0.05) is 37.1 Å². The van der Waals surface area contributed by atoms with Crippen LogP contribution in [-0.2, 0) is 6.54 Å².